The van der Waals surface area contributed by atoms with Crippen LogP contribution in [0.3, 0.4) is 0 Å². The molecule has 0 amide bonds. The zero-order chi connectivity index (χ0) is 17.9. The Hall–Kier alpha value is -2.18. The molecule has 0 saturated carbocycles. The highest BCUT2D eigenvalue weighted by Gasteiger charge is 2.27. The molecule has 0 atom stereocenters. The lowest BCUT2D eigenvalue weighted by atomic mass is 10.2. The average molecular weight is 359 g/mol. The van der Waals surface area contributed by atoms with Gasteiger partial charge in [0.2, 0.25) is 10.0 Å². The lowest BCUT2D eigenvalue weighted by Crippen LogP contribution is -2.28. The van der Waals surface area contributed by atoms with E-state index in [0.29, 0.717) is 13.1 Å². The van der Waals surface area contributed by atoms with Gasteiger partial charge in [-0.3, -0.25) is 0 Å². The molecule has 0 spiro atoms. The van der Waals surface area contributed by atoms with Crippen molar-refractivity contribution < 1.29 is 17.9 Å². The molecule has 0 unspecified atom stereocenters. The normalized spacial score (nSPS) is 15.2. The van der Waals surface area contributed by atoms with Crippen LogP contribution in [0.25, 0.3) is 0 Å². The van der Waals surface area contributed by atoms with Crippen molar-refractivity contribution in [3.05, 3.63) is 65.2 Å². The van der Waals surface area contributed by atoms with E-state index in [1.807, 2.05) is 31.2 Å². The zero-order valence-corrected chi connectivity index (χ0v) is 15.0. The Balaban J connectivity index is 1.72. The van der Waals surface area contributed by atoms with E-state index >= 15 is 0 Å². The summed E-state index contributed by atoms with van der Waals surface area (Å²) in [7, 11) is -3.54. The van der Waals surface area contributed by atoms with Crippen LogP contribution in [-0.2, 0) is 21.4 Å². The summed E-state index contributed by atoms with van der Waals surface area (Å²) in [5.41, 5.74) is 2.27. The maximum absolute atomic E-state index is 12.6. The fraction of sp³-hybridized carbons (Fsp3) is 0.316. The summed E-state index contributed by atoms with van der Waals surface area (Å²) < 4.78 is 32.0. The highest BCUT2D eigenvalue weighted by molar-refractivity contribution is 7.89. The van der Waals surface area contributed by atoms with Gasteiger partial charge < -0.3 is 4.74 Å². The smallest absolute Gasteiger partial charge is 0.338 e. The second-order valence-electron chi connectivity index (χ2n) is 6.20. The van der Waals surface area contributed by atoms with Crippen LogP contribution >= 0.6 is 0 Å². The molecule has 5 nitrogen and oxygen atoms in total. The number of nitrogens with zero attached hydrogens (tertiary/aromatic N) is 1. The number of sulfonamides is 1. The fourth-order valence-corrected chi connectivity index (χ4v) is 4.34. The Bertz CT molecular complexity index is 853. The number of ether oxygens (including phenoxy) is 1. The van der Waals surface area contributed by atoms with E-state index < -0.39 is 16.0 Å². The van der Waals surface area contributed by atoms with Gasteiger partial charge in [0.25, 0.3) is 0 Å². The second kappa shape index (κ2) is 7.37. The van der Waals surface area contributed by atoms with E-state index in [4.69, 9.17) is 4.74 Å². The van der Waals surface area contributed by atoms with E-state index in [0.717, 1.165) is 24.0 Å². The van der Waals surface area contributed by atoms with Crippen LogP contribution < -0.4 is 0 Å². The van der Waals surface area contributed by atoms with Crippen molar-refractivity contribution >= 4 is 16.0 Å². The molecule has 0 bridgehead atoms. The van der Waals surface area contributed by atoms with Crippen LogP contribution in [0.5, 0.6) is 0 Å². The van der Waals surface area contributed by atoms with Gasteiger partial charge in [0.05, 0.1) is 10.5 Å². The molecule has 3 rings (SSSR count). The van der Waals surface area contributed by atoms with Gasteiger partial charge in [-0.15, -0.1) is 0 Å². The Kier molecular flexibility index (Phi) is 5.20. The summed E-state index contributed by atoms with van der Waals surface area (Å²) in [6.07, 6.45) is 1.75. The van der Waals surface area contributed by atoms with Crippen LogP contribution in [0.1, 0.15) is 34.3 Å². The second-order valence-corrected chi connectivity index (χ2v) is 8.14. The third-order valence-electron chi connectivity index (χ3n) is 4.26. The summed E-state index contributed by atoms with van der Waals surface area (Å²) in [4.78, 5) is 12.4. The van der Waals surface area contributed by atoms with Gasteiger partial charge in [0.15, 0.2) is 0 Å². The molecule has 0 aromatic heterocycles. The number of hydrogen-bond acceptors (Lipinski definition) is 4. The molecule has 2 aromatic rings. The molecule has 1 heterocycles. The average Bonchev–Trinajstić information content (AvgIpc) is 3.16. The molecule has 2 aromatic carbocycles. The maximum atomic E-state index is 12.6. The number of aryl methyl sites for hydroxylation is 1. The van der Waals surface area contributed by atoms with Crippen molar-refractivity contribution in [2.24, 2.45) is 0 Å². The third kappa shape index (κ3) is 4.08. The monoisotopic (exact) mass is 359 g/mol. The fourth-order valence-electron chi connectivity index (χ4n) is 2.78. The molecule has 1 aliphatic heterocycles. The number of carbonyl (C=O) groups excluding carboxylic acids is 1. The van der Waals surface area contributed by atoms with E-state index in [9.17, 15) is 13.2 Å². The van der Waals surface area contributed by atoms with Gasteiger partial charge in [-0.1, -0.05) is 35.9 Å². The molecule has 1 aliphatic rings. The van der Waals surface area contributed by atoms with Crippen molar-refractivity contribution in [3.8, 4) is 0 Å². The quantitative estimate of drug-likeness (QED) is 0.770. The van der Waals surface area contributed by atoms with Gasteiger partial charge in [-0.2, -0.15) is 4.31 Å². The topological polar surface area (TPSA) is 63.7 Å². The summed E-state index contributed by atoms with van der Waals surface area (Å²) in [6.45, 7) is 3.21. The minimum atomic E-state index is -3.54. The van der Waals surface area contributed by atoms with E-state index in [-0.39, 0.29) is 17.1 Å². The summed E-state index contributed by atoms with van der Waals surface area (Å²) in [6, 6.07) is 13.8. The molecular weight excluding hydrogens is 338 g/mol. The Morgan fingerprint density at radius 1 is 1.08 bits per heavy atom. The van der Waals surface area contributed by atoms with Crippen LogP contribution in [-0.4, -0.2) is 31.8 Å². The van der Waals surface area contributed by atoms with Crippen LogP contribution in [0, 0.1) is 6.92 Å². The van der Waals surface area contributed by atoms with E-state index in [1.54, 1.807) is 12.1 Å². The predicted octanol–water partition coefficient (Wildman–Crippen LogP) is 3.14. The van der Waals surface area contributed by atoms with Gasteiger partial charge >= 0.3 is 5.97 Å². The molecule has 6 heteroatoms. The van der Waals surface area contributed by atoms with Crippen molar-refractivity contribution in [2.75, 3.05) is 13.1 Å². The summed E-state index contributed by atoms with van der Waals surface area (Å²) in [5, 5.41) is 0. The van der Waals surface area contributed by atoms with E-state index in [2.05, 4.69) is 0 Å². The third-order valence-corrected chi connectivity index (χ3v) is 6.16. The van der Waals surface area contributed by atoms with Crippen LogP contribution in [0.4, 0.5) is 0 Å². The van der Waals surface area contributed by atoms with Crippen molar-refractivity contribution in [3.63, 3.8) is 0 Å². The lowest BCUT2D eigenvalue weighted by molar-refractivity contribution is 0.0472. The molecular formula is C19H21NO4S. The highest BCUT2D eigenvalue weighted by Crippen LogP contribution is 2.22. The zero-order valence-electron chi connectivity index (χ0n) is 14.1. The number of rotatable bonds is 5. The predicted molar refractivity (Wildman–Crippen MR) is 94.7 cm³/mol. The summed E-state index contributed by atoms with van der Waals surface area (Å²) >= 11 is 0. The SMILES string of the molecule is Cc1ccc(COC(=O)c2cccc(S(=O)(=O)N3CCCC3)c2)cc1. The molecule has 0 aliphatic carbocycles. The number of carbonyl (C=O) groups is 1. The van der Waals surface area contributed by atoms with Gasteiger partial charge in [0, 0.05) is 13.1 Å². The highest BCUT2D eigenvalue weighted by atomic mass is 32.2. The van der Waals surface area contributed by atoms with Crippen molar-refractivity contribution in [1.29, 1.82) is 0 Å². The molecule has 0 N–H and O–H groups in total. The Labute approximate surface area is 148 Å². The number of benzene rings is 2. The minimum Gasteiger partial charge on any atom is -0.457 e. The molecule has 1 saturated heterocycles. The minimum absolute atomic E-state index is 0.138. The lowest BCUT2D eigenvalue weighted by Gasteiger charge is -2.15. The first kappa shape index (κ1) is 17.6. The molecule has 0 radical (unpaired) electrons. The molecule has 1 fully saturated rings. The molecule has 25 heavy (non-hydrogen) atoms. The molecule has 132 valence electrons. The number of esters is 1. The van der Waals surface area contributed by atoms with Gasteiger partial charge in [-0.05, 0) is 43.5 Å². The standard InChI is InChI=1S/C19H21NO4S/c1-15-7-9-16(10-8-15)14-24-19(21)17-5-4-6-18(13-17)25(22,23)20-11-2-3-12-20/h4-10,13H,2-3,11-12,14H2,1H3. The first-order valence-electron chi connectivity index (χ1n) is 8.30. The largest absolute Gasteiger partial charge is 0.457 e. The van der Waals surface area contributed by atoms with E-state index in [1.165, 1.54) is 16.4 Å². The maximum Gasteiger partial charge on any atom is 0.338 e. The Morgan fingerprint density at radius 3 is 2.44 bits per heavy atom. The Morgan fingerprint density at radius 2 is 1.76 bits per heavy atom. The first-order valence-corrected chi connectivity index (χ1v) is 9.74. The van der Waals surface area contributed by atoms with Gasteiger partial charge in [-0.25, -0.2) is 13.2 Å². The number of hydrogen-bond donors (Lipinski definition) is 0. The summed E-state index contributed by atoms with van der Waals surface area (Å²) in [5.74, 6) is -0.529. The van der Waals surface area contributed by atoms with Crippen molar-refractivity contribution in [2.45, 2.75) is 31.3 Å². The van der Waals surface area contributed by atoms with Crippen LogP contribution in [0.2, 0.25) is 0 Å². The first-order chi connectivity index (χ1) is 12.0. The van der Waals surface area contributed by atoms with Gasteiger partial charge in [0.1, 0.15) is 6.61 Å². The van der Waals surface area contributed by atoms with Crippen molar-refractivity contribution in [1.82, 2.24) is 4.31 Å². The van der Waals surface area contributed by atoms with Crippen LogP contribution in [0.15, 0.2) is 53.4 Å².